The van der Waals surface area contributed by atoms with Crippen LogP contribution in [0, 0.1) is 0 Å². The number of nitrogens with zero attached hydrogens (tertiary/aromatic N) is 3. The van der Waals surface area contributed by atoms with E-state index in [0.717, 1.165) is 41.4 Å². The lowest BCUT2D eigenvalue weighted by molar-refractivity contribution is -0.123. The first kappa shape index (κ1) is 19.1. The first-order valence-corrected chi connectivity index (χ1v) is 9.91. The molecule has 29 heavy (non-hydrogen) atoms. The normalized spacial score (nSPS) is 14.1. The maximum absolute atomic E-state index is 13.1. The lowest BCUT2D eigenvalue weighted by Crippen LogP contribution is -2.31. The summed E-state index contributed by atoms with van der Waals surface area (Å²) in [6.07, 6.45) is 3.30. The molecule has 7 nitrogen and oxygen atoms in total. The van der Waals surface area contributed by atoms with Gasteiger partial charge in [0.1, 0.15) is 5.82 Å². The largest absolute Gasteiger partial charge is 0.449 e. The highest BCUT2D eigenvalue weighted by Gasteiger charge is 2.27. The number of esters is 1. The molecule has 0 saturated carbocycles. The highest BCUT2D eigenvalue weighted by molar-refractivity contribution is 6.06. The fourth-order valence-electron chi connectivity index (χ4n) is 3.77. The summed E-state index contributed by atoms with van der Waals surface area (Å²) in [6, 6.07) is 9.38. The molecule has 0 fully saturated rings. The summed E-state index contributed by atoms with van der Waals surface area (Å²) >= 11 is 0. The van der Waals surface area contributed by atoms with Gasteiger partial charge in [0.25, 0.3) is 5.91 Å². The predicted octanol–water partition coefficient (Wildman–Crippen LogP) is 3.68. The van der Waals surface area contributed by atoms with Crippen molar-refractivity contribution in [2.24, 2.45) is 0 Å². The number of benzene rings is 1. The van der Waals surface area contributed by atoms with Crippen molar-refractivity contribution in [3.63, 3.8) is 0 Å². The molecule has 1 N–H and O–H groups in total. The number of rotatable bonds is 5. The number of carbonyl (C=O) groups excluding carboxylic acids is 2. The smallest absolute Gasteiger partial charge is 0.339 e. The molecule has 2 aromatic heterocycles. The number of hydrogen-bond donors (Lipinski definition) is 1. The topological polar surface area (TPSA) is 86.1 Å². The van der Waals surface area contributed by atoms with Crippen LogP contribution in [0.1, 0.15) is 54.8 Å². The molecule has 2 heterocycles. The van der Waals surface area contributed by atoms with Crippen molar-refractivity contribution in [1.82, 2.24) is 14.8 Å². The van der Waals surface area contributed by atoms with Gasteiger partial charge in [-0.15, -0.1) is 0 Å². The van der Waals surface area contributed by atoms with E-state index in [4.69, 9.17) is 9.72 Å². The monoisotopic (exact) mass is 392 g/mol. The molecule has 0 unspecified atom stereocenters. The molecular formula is C22H24N4O3. The van der Waals surface area contributed by atoms with Crippen LogP contribution >= 0.6 is 0 Å². The second kappa shape index (κ2) is 7.66. The zero-order chi connectivity index (χ0) is 20.5. The number of ether oxygens (including phenoxy) is 1. The number of para-hydroxylation sites is 1. The molecule has 1 amide bonds. The van der Waals surface area contributed by atoms with E-state index in [1.165, 1.54) is 0 Å². The molecular weight excluding hydrogens is 368 g/mol. The summed E-state index contributed by atoms with van der Waals surface area (Å²) in [4.78, 5) is 30.4. The second-order valence-electron chi connectivity index (χ2n) is 7.57. The van der Waals surface area contributed by atoms with Gasteiger partial charge in [-0.1, -0.05) is 18.2 Å². The van der Waals surface area contributed by atoms with Crippen LogP contribution in [-0.4, -0.2) is 32.7 Å². The molecule has 0 aliphatic heterocycles. The average molecular weight is 392 g/mol. The van der Waals surface area contributed by atoms with Crippen LogP contribution in [0.15, 0.2) is 36.5 Å². The molecule has 0 radical (unpaired) electrons. The van der Waals surface area contributed by atoms with Crippen LogP contribution in [0.4, 0.5) is 5.82 Å². The van der Waals surface area contributed by atoms with Crippen molar-refractivity contribution in [2.45, 2.75) is 52.2 Å². The van der Waals surface area contributed by atoms with Gasteiger partial charge in [-0.05, 0) is 51.7 Å². The molecule has 4 rings (SSSR count). The highest BCUT2D eigenvalue weighted by Crippen LogP contribution is 2.30. The number of aryl methyl sites for hydroxylation is 1. The van der Waals surface area contributed by atoms with Crippen molar-refractivity contribution in [1.29, 1.82) is 0 Å². The Balaban J connectivity index is 1.57. The van der Waals surface area contributed by atoms with Gasteiger partial charge in [-0.2, -0.15) is 5.10 Å². The molecule has 0 bridgehead atoms. The van der Waals surface area contributed by atoms with Gasteiger partial charge in [0.05, 0.1) is 17.3 Å². The summed E-state index contributed by atoms with van der Waals surface area (Å²) in [6.45, 7) is 5.52. The number of nitrogens with one attached hydrogen (secondary N) is 1. The third-order valence-electron chi connectivity index (χ3n) is 5.19. The third kappa shape index (κ3) is 3.60. The minimum atomic E-state index is -0.943. The maximum atomic E-state index is 13.1. The van der Waals surface area contributed by atoms with Crippen molar-refractivity contribution in [3.8, 4) is 0 Å². The Hall–Kier alpha value is -3.22. The molecule has 0 saturated heterocycles. The van der Waals surface area contributed by atoms with Gasteiger partial charge >= 0.3 is 5.97 Å². The van der Waals surface area contributed by atoms with Crippen LogP contribution in [0.25, 0.3) is 10.9 Å². The summed E-state index contributed by atoms with van der Waals surface area (Å²) in [5.41, 5.74) is 3.21. The first-order valence-electron chi connectivity index (χ1n) is 9.91. The van der Waals surface area contributed by atoms with Crippen LogP contribution < -0.4 is 5.32 Å². The number of aromatic nitrogens is 3. The van der Waals surface area contributed by atoms with E-state index in [-0.39, 0.29) is 6.04 Å². The van der Waals surface area contributed by atoms with Gasteiger partial charge in [0, 0.05) is 23.2 Å². The summed E-state index contributed by atoms with van der Waals surface area (Å²) in [5, 5.41) is 7.75. The van der Waals surface area contributed by atoms with E-state index in [2.05, 4.69) is 10.4 Å². The molecule has 1 aliphatic carbocycles. The van der Waals surface area contributed by atoms with Crippen LogP contribution in [0.3, 0.4) is 0 Å². The number of hydrogen-bond acceptors (Lipinski definition) is 5. The van der Waals surface area contributed by atoms with Crippen LogP contribution in [-0.2, 0) is 22.4 Å². The summed E-state index contributed by atoms with van der Waals surface area (Å²) < 4.78 is 7.28. The predicted molar refractivity (Wildman–Crippen MR) is 110 cm³/mol. The number of carbonyl (C=O) groups is 2. The minimum absolute atomic E-state index is 0.101. The lowest BCUT2D eigenvalue weighted by Gasteiger charge is -2.17. The lowest BCUT2D eigenvalue weighted by atomic mass is 10.0. The Morgan fingerprint density at radius 2 is 1.93 bits per heavy atom. The van der Waals surface area contributed by atoms with Crippen LogP contribution in [0.5, 0.6) is 0 Å². The maximum Gasteiger partial charge on any atom is 0.339 e. The van der Waals surface area contributed by atoms with E-state index < -0.39 is 18.0 Å². The van der Waals surface area contributed by atoms with Crippen molar-refractivity contribution in [2.75, 3.05) is 5.32 Å². The highest BCUT2D eigenvalue weighted by atomic mass is 16.5. The third-order valence-corrected chi connectivity index (χ3v) is 5.19. The standard InChI is InChI=1S/C22H24N4O3/c1-13(2)26-19(11-12-23-26)25-21(27)14(3)29-22(28)20-15-7-4-5-9-17(15)24-18-10-6-8-16(18)20/h4-5,7,9,11-14H,6,8,10H2,1-3H3,(H,25,27)/t14-/m1/s1. The zero-order valence-corrected chi connectivity index (χ0v) is 16.8. The van der Waals surface area contributed by atoms with Gasteiger partial charge in [0.15, 0.2) is 6.10 Å². The second-order valence-corrected chi connectivity index (χ2v) is 7.57. The molecule has 7 heteroatoms. The van der Waals surface area contributed by atoms with Gasteiger partial charge in [-0.25, -0.2) is 9.48 Å². The molecule has 150 valence electrons. The van der Waals surface area contributed by atoms with E-state index >= 15 is 0 Å². The summed E-state index contributed by atoms with van der Waals surface area (Å²) in [7, 11) is 0. The van der Waals surface area contributed by atoms with E-state index in [0.29, 0.717) is 11.4 Å². The Bertz CT molecular complexity index is 1090. The molecule has 1 atom stereocenters. The quantitative estimate of drug-likeness (QED) is 0.670. The number of amides is 1. The van der Waals surface area contributed by atoms with E-state index in [1.807, 2.05) is 38.1 Å². The van der Waals surface area contributed by atoms with Gasteiger partial charge in [-0.3, -0.25) is 9.78 Å². The fourth-order valence-corrected chi connectivity index (χ4v) is 3.77. The zero-order valence-electron chi connectivity index (χ0n) is 16.8. The minimum Gasteiger partial charge on any atom is -0.449 e. The first-order chi connectivity index (χ1) is 14.0. The molecule has 1 aromatic carbocycles. The van der Waals surface area contributed by atoms with Gasteiger partial charge in [0.2, 0.25) is 0 Å². The molecule has 1 aliphatic rings. The number of pyridine rings is 1. The Labute approximate surface area is 169 Å². The van der Waals surface area contributed by atoms with Crippen LogP contribution in [0.2, 0.25) is 0 Å². The number of anilines is 1. The number of fused-ring (bicyclic) bond motifs is 2. The Morgan fingerprint density at radius 3 is 2.72 bits per heavy atom. The average Bonchev–Trinajstić information content (AvgIpc) is 3.34. The SMILES string of the molecule is CC(C)n1nccc1NC(=O)[C@@H](C)OC(=O)c1c2c(nc3ccccc13)CCC2. The van der Waals surface area contributed by atoms with E-state index in [9.17, 15) is 9.59 Å². The van der Waals surface area contributed by atoms with Crippen molar-refractivity contribution in [3.05, 3.63) is 53.3 Å². The van der Waals surface area contributed by atoms with E-state index in [1.54, 1.807) is 23.9 Å². The van der Waals surface area contributed by atoms with Gasteiger partial charge < -0.3 is 10.1 Å². The molecule has 3 aromatic rings. The summed E-state index contributed by atoms with van der Waals surface area (Å²) in [5.74, 6) is -0.305. The van der Waals surface area contributed by atoms with Crippen molar-refractivity contribution >= 4 is 28.6 Å². The fraction of sp³-hybridized carbons (Fsp3) is 0.364. The Morgan fingerprint density at radius 1 is 1.14 bits per heavy atom. The molecule has 0 spiro atoms. The Kier molecular flexibility index (Phi) is 5.05. The van der Waals surface area contributed by atoms with Crippen molar-refractivity contribution < 1.29 is 14.3 Å².